The molecule has 0 spiro atoms. The number of likely N-dealkylation sites (N-methyl/N-ethyl adjacent to an activating group) is 1. The third-order valence-electron chi connectivity index (χ3n) is 3.25. The molecule has 0 amide bonds. The monoisotopic (exact) mass is 278 g/mol. The van der Waals surface area contributed by atoms with E-state index in [9.17, 15) is 4.79 Å². The van der Waals surface area contributed by atoms with Crippen LogP contribution in [0.4, 0.5) is 0 Å². The fourth-order valence-corrected chi connectivity index (χ4v) is 2.01. The van der Waals surface area contributed by atoms with Crippen LogP contribution in [0.2, 0.25) is 0 Å². The van der Waals surface area contributed by atoms with Gasteiger partial charge in [0.2, 0.25) is 0 Å². The molecule has 112 valence electrons. The van der Waals surface area contributed by atoms with Gasteiger partial charge in [-0.05, 0) is 30.7 Å². The van der Waals surface area contributed by atoms with Gasteiger partial charge in [-0.3, -0.25) is 0 Å². The van der Waals surface area contributed by atoms with Crippen LogP contribution in [0, 0.1) is 5.92 Å². The van der Waals surface area contributed by atoms with Crippen molar-refractivity contribution < 1.29 is 14.0 Å². The molecule has 1 unspecified atom stereocenters. The molecule has 0 saturated heterocycles. The van der Waals surface area contributed by atoms with E-state index in [-0.39, 0.29) is 5.97 Å². The van der Waals surface area contributed by atoms with Gasteiger partial charge in [0.05, 0.1) is 27.7 Å². The third kappa shape index (κ3) is 7.95. The number of hydrogen-bond donors (Lipinski definition) is 0. The highest BCUT2D eigenvalue weighted by molar-refractivity contribution is 5.70. The van der Waals surface area contributed by atoms with E-state index in [0.29, 0.717) is 23.6 Å². The first-order valence-corrected chi connectivity index (χ1v) is 7.37. The van der Waals surface area contributed by atoms with Crippen LogP contribution >= 0.6 is 0 Å². The lowest BCUT2D eigenvalue weighted by molar-refractivity contribution is -0.862. The second-order valence-corrected chi connectivity index (χ2v) is 6.59. The van der Waals surface area contributed by atoms with Crippen molar-refractivity contribution in [3.05, 3.63) is 35.9 Å². The van der Waals surface area contributed by atoms with Crippen LogP contribution < -0.4 is 0 Å². The maximum absolute atomic E-state index is 11.6. The zero-order valence-electron chi connectivity index (χ0n) is 13.3. The second kappa shape index (κ2) is 8.05. The molecule has 0 saturated carbocycles. The molecular weight excluding hydrogens is 250 g/mol. The summed E-state index contributed by atoms with van der Waals surface area (Å²) >= 11 is 0. The molecule has 0 heterocycles. The lowest BCUT2D eigenvalue weighted by Gasteiger charge is -2.22. The molecule has 0 N–H and O–H groups in total. The van der Waals surface area contributed by atoms with Crippen LogP contribution in [0.25, 0.3) is 0 Å². The van der Waals surface area contributed by atoms with Gasteiger partial charge in [-0.15, -0.1) is 0 Å². The molecule has 0 aliphatic carbocycles. The number of aryl methyl sites for hydroxylation is 1. The summed E-state index contributed by atoms with van der Waals surface area (Å²) in [7, 11) is 5.97. The van der Waals surface area contributed by atoms with Gasteiger partial charge in [-0.1, -0.05) is 37.3 Å². The minimum absolute atomic E-state index is 0.104. The summed E-state index contributed by atoms with van der Waals surface area (Å²) in [5.41, 5.74) is 1.38. The van der Waals surface area contributed by atoms with Crippen molar-refractivity contribution in [3.63, 3.8) is 0 Å². The van der Waals surface area contributed by atoms with E-state index in [1.54, 1.807) is 0 Å². The van der Waals surface area contributed by atoms with Crippen molar-refractivity contribution in [1.82, 2.24) is 0 Å². The number of carbonyl (C=O) groups is 1. The molecule has 0 radical (unpaired) electrons. The minimum atomic E-state index is -0.104. The Hall–Kier alpha value is -1.35. The normalized spacial score (nSPS) is 13.0. The smallest absolute Gasteiger partial charge is 0.361 e. The number of esters is 1. The molecule has 1 aromatic carbocycles. The van der Waals surface area contributed by atoms with Crippen molar-refractivity contribution in [2.45, 2.75) is 26.2 Å². The predicted molar refractivity (Wildman–Crippen MR) is 82.4 cm³/mol. The maximum atomic E-state index is 11.6. The number of benzene rings is 1. The molecule has 0 aliphatic heterocycles. The lowest BCUT2D eigenvalue weighted by Crippen LogP contribution is -2.40. The topological polar surface area (TPSA) is 26.3 Å². The Kier molecular flexibility index (Phi) is 6.73. The van der Waals surface area contributed by atoms with Gasteiger partial charge in [-0.2, -0.15) is 0 Å². The molecule has 0 aromatic heterocycles. The fourth-order valence-electron chi connectivity index (χ4n) is 2.01. The molecule has 0 fully saturated rings. The molecule has 1 rings (SSSR count). The SMILES string of the molecule is CC(CCOC(=O)C[N+](C)(C)C)CCc1ccccc1. The van der Waals surface area contributed by atoms with E-state index >= 15 is 0 Å². The molecule has 20 heavy (non-hydrogen) atoms. The second-order valence-electron chi connectivity index (χ2n) is 6.59. The minimum Gasteiger partial charge on any atom is -0.462 e. The van der Waals surface area contributed by atoms with E-state index in [1.807, 2.05) is 27.2 Å². The summed E-state index contributed by atoms with van der Waals surface area (Å²) in [6.07, 6.45) is 3.17. The first kappa shape index (κ1) is 16.7. The number of quaternary nitrogens is 1. The van der Waals surface area contributed by atoms with Crippen LogP contribution in [0.1, 0.15) is 25.3 Å². The highest BCUT2D eigenvalue weighted by atomic mass is 16.5. The van der Waals surface area contributed by atoms with E-state index in [1.165, 1.54) is 5.56 Å². The molecule has 1 atom stereocenters. The Bertz CT molecular complexity index is 395. The number of hydrogen-bond acceptors (Lipinski definition) is 2. The largest absolute Gasteiger partial charge is 0.462 e. The Morgan fingerprint density at radius 2 is 1.80 bits per heavy atom. The lowest BCUT2D eigenvalue weighted by atomic mass is 9.99. The highest BCUT2D eigenvalue weighted by Crippen LogP contribution is 2.12. The maximum Gasteiger partial charge on any atom is 0.361 e. The van der Waals surface area contributed by atoms with Gasteiger partial charge >= 0.3 is 5.97 Å². The zero-order valence-corrected chi connectivity index (χ0v) is 13.3. The summed E-state index contributed by atoms with van der Waals surface area (Å²) in [6, 6.07) is 10.5. The molecule has 0 aliphatic rings. The van der Waals surface area contributed by atoms with Crippen LogP contribution in [0.3, 0.4) is 0 Å². The molecule has 0 bridgehead atoms. The van der Waals surface area contributed by atoms with Gasteiger partial charge in [-0.25, -0.2) is 4.79 Å². The Morgan fingerprint density at radius 3 is 2.40 bits per heavy atom. The van der Waals surface area contributed by atoms with Gasteiger partial charge < -0.3 is 9.22 Å². The first-order valence-electron chi connectivity index (χ1n) is 7.37. The summed E-state index contributed by atoms with van der Waals surface area (Å²) < 4.78 is 5.90. The van der Waals surface area contributed by atoms with Crippen LogP contribution in [-0.4, -0.2) is 44.7 Å². The molecular formula is C17H28NO2+. The van der Waals surface area contributed by atoms with E-state index in [4.69, 9.17) is 4.74 Å². The van der Waals surface area contributed by atoms with Crippen LogP contribution in [0.15, 0.2) is 30.3 Å². The molecule has 3 nitrogen and oxygen atoms in total. The standard InChI is InChI=1S/C17H28NO2/c1-15(10-11-16-8-6-5-7-9-16)12-13-20-17(19)14-18(2,3)4/h5-9,15H,10-14H2,1-4H3/q+1. The summed E-state index contributed by atoms with van der Waals surface area (Å²) in [4.78, 5) is 11.6. The summed E-state index contributed by atoms with van der Waals surface area (Å²) in [6.45, 7) is 3.18. The van der Waals surface area contributed by atoms with E-state index < -0.39 is 0 Å². The predicted octanol–water partition coefficient (Wildman–Crippen LogP) is 2.89. The summed E-state index contributed by atoms with van der Waals surface area (Å²) in [5.74, 6) is 0.472. The number of carbonyl (C=O) groups excluding carboxylic acids is 1. The van der Waals surface area contributed by atoms with E-state index in [2.05, 4.69) is 31.2 Å². The fraction of sp³-hybridized carbons (Fsp3) is 0.588. The Morgan fingerprint density at radius 1 is 1.15 bits per heavy atom. The highest BCUT2D eigenvalue weighted by Gasteiger charge is 2.15. The van der Waals surface area contributed by atoms with E-state index in [0.717, 1.165) is 19.3 Å². The number of nitrogens with zero attached hydrogens (tertiary/aromatic N) is 1. The van der Waals surface area contributed by atoms with Crippen molar-refractivity contribution in [1.29, 1.82) is 0 Å². The quantitative estimate of drug-likeness (QED) is 0.540. The van der Waals surface area contributed by atoms with Crippen molar-refractivity contribution in [3.8, 4) is 0 Å². The third-order valence-corrected chi connectivity index (χ3v) is 3.25. The van der Waals surface area contributed by atoms with Gasteiger partial charge in [0, 0.05) is 0 Å². The van der Waals surface area contributed by atoms with Gasteiger partial charge in [0.25, 0.3) is 0 Å². The van der Waals surface area contributed by atoms with Crippen LogP contribution in [0.5, 0.6) is 0 Å². The van der Waals surface area contributed by atoms with Gasteiger partial charge in [0.1, 0.15) is 0 Å². The Labute approximate surface area is 123 Å². The number of rotatable bonds is 8. The van der Waals surface area contributed by atoms with Crippen molar-refractivity contribution in [2.75, 3.05) is 34.3 Å². The average molecular weight is 278 g/mol. The summed E-state index contributed by atoms with van der Waals surface area (Å²) in [5, 5.41) is 0. The number of ether oxygens (including phenoxy) is 1. The average Bonchev–Trinajstić information content (AvgIpc) is 2.35. The Balaban J connectivity index is 2.14. The molecule has 1 aromatic rings. The van der Waals surface area contributed by atoms with Gasteiger partial charge in [0.15, 0.2) is 6.54 Å². The zero-order chi connectivity index (χ0) is 15.0. The first-order chi connectivity index (χ1) is 9.37. The van der Waals surface area contributed by atoms with Crippen molar-refractivity contribution in [2.24, 2.45) is 5.92 Å². The van der Waals surface area contributed by atoms with Crippen LogP contribution in [-0.2, 0) is 16.0 Å². The molecule has 3 heteroatoms. The van der Waals surface area contributed by atoms with Crippen molar-refractivity contribution >= 4 is 5.97 Å².